The van der Waals surface area contributed by atoms with Crippen LogP contribution in [0.15, 0.2) is 0 Å². The van der Waals surface area contributed by atoms with Crippen molar-refractivity contribution in [1.29, 1.82) is 0 Å². The van der Waals surface area contributed by atoms with Gasteiger partial charge in [0, 0.05) is 0 Å². The van der Waals surface area contributed by atoms with Gasteiger partial charge in [0.1, 0.15) is 0 Å². The van der Waals surface area contributed by atoms with E-state index in [0.717, 1.165) is 44.9 Å². The molecule has 0 aliphatic carbocycles. The standard InChI is InChI=1S/C34H68O3/c1-3-5-7-9-10-11-12-13-14-15-16-18-21-24-28-32(34(36)37)29-25-22-19-17-20-23-27-31-33(35)30-26-8-6-4-2/h32-33,35H,3-31H2,1-2H3,(H,36,37). The van der Waals surface area contributed by atoms with Gasteiger partial charge in [-0.2, -0.15) is 0 Å². The summed E-state index contributed by atoms with van der Waals surface area (Å²) in [6.07, 6.45) is 35.8. The molecule has 0 fully saturated rings. The highest BCUT2D eigenvalue weighted by molar-refractivity contribution is 5.69. The zero-order chi connectivity index (χ0) is 27.2. The lowest BCUT2D eigenvalue weighted by molar-refractivity contribution is -0.142. The first-order valence-corrected chi connectivity index (χ1v) is 17.0. The van der Waals surface area contributed by atoms with Crippen molar-refractivity contribution in [2.75, 3.05) is 0 Å². The molecule has 0 heterocycles. The summed E-state index contributed by atoms with van der Waals surface area (Å²) in [7, 11) is 0. The van der Waals surface area contributed by atoms with Crippen molar-refractivity contribution in [3.63, 3.8) is 0 Å². The second-order valence-corrected chi connectivity index (χ2v) is 12.0. The zero-order valence-electron chi connectivity index (χ0n) is 25.5. The summed E-state index contributed by atoms with van der Waals surface area (Å²) in [5.41, 5.74) is 0. The maximum Gasteiger partial charge on any atom is 0.306 e. The van der Waals surface area contributed by atoms with E-state index in [4.69, 9.17) is 0 Å². The van der Waals surface area contributed by atoms with E-state index in [0.29, 0.717) is 0 Å². The van der Waals surface area contributed by atoms with Gasteiger partial charge in [-0.15, -0.1) is 0 Å². The third-order valence-electron chi connectivity index (χ3n) is 8.24. The van der Waals surface area contributed by atoms with Gasteiger partial charge in [0.25, 0.3) is 0 Å². The molecule has 2 atom stereocenters. The average molecular weight is 525 g/mol. The molecule has 0 aliphatic heterocycles. The van der Waals surface area contributed by atoms with Crippen LogP contribution in [0, 0.1) is 5.92 Å². The van der Waals surface area contributed by atoms with Crippen molar-refractivity contribution in [3.8, 4) is 0 Å². The summed E-state index contributed by atoms with van der Waals surface area (Å²) < 4.78 is 0. The Kier molecular flexibility index (Phi) is 29.5. The number of hydrogen-bond donors (Lipinski definition) is 2. The van der Waals surface area contributed by atoms with Gasteiger partial charge in [0.05, 0.1) is 12.0 Å². The molecule has 0 saturated carbocycles. The van der Waals surface area contributed by atoms with Crippen LogP contribution in [0.1, 0.15) is 200 Å². The van der Waals surface area contributed by atoms with Crippen LogP contribution in [-0.4, -0.2) is 22.3 Å². The van der Waals surface area contributed by atoms with Gasteiger partial charge in [-0.3, -0.25) is 4.79 Å². The maximum absolute atomic E-state index is 11.6. The molecule has 0 spiro atoms. The quantitative estimate of drug-likeness (QED) is 0.0886. The van der Waals surface area contributed by atoms with E-state index in [2.05, 4.69) is 13.8 Å². The molecule has 0 saturated heterocycles. The molecule has 0 radical (unpaired) electrons. The molecular weight excluding hydrogens is 456 g/mol. The lowest BCUT2D eigenvalue weighted by Crippen LogP contribution is -2.13. The Labute approximate surface area is 233 Å². The minimum absolute atomic E-state index is 0.0930. The van der Waals surface area contributed by atoms with Crippen molar-refractivity contribution in [2.24, 2.45) is 5.92 Å². The number of unbranched alkanes of at least 4 members (excludes halogenated alkanes) is 22. The summed E-state index contributed by atoms with van der Waals surface area (Å²) in [4.78, 5) is 11.6. The Bertz CT molecular complexity index is 450. The molecule has 0 rings (SSSR count). The van der Waals surface area contributed by atoms with Crippen molar-refractivity contribution >= 4 is 5.97 Å². The highest BCUT2D eigenvalue weighted by Gasteiger charge is 2.16. The summed E-state index contributed by atoms with van der Waals surface area (Å²) in [6.45, 7) is 4.50. The Morgan fingerprint density at radius 1 is 0.432 bits per heavy atom. The molecule has 3 heteroatoms. The number of carboxylic acid groups (broad SMARTS) is 1. The SMILES string of the molecule is CCCCCCCCCCCCCCCCC(CCCCCCCCCC(O)CCCCCC)C(=O)O. The fourth-order valence-corrected chi connectivity index (χ4v) is 5.58. The minimum Gasteiger partial charge on any atom is -0.481 e. The fraction of sp³-hybridized carbons (Fsp3) is 0.971. The molecule has 2 N–H and O–H groups in total. The Morgan fingerprint density at radius 2 is 0.676 bits per heavy atom. The third kappa shape index (κ3) is 28.3. The zero-order valence-corrected chi connectivity index (χ0v) is 25.5. The third-order valence-corrected chi connectivity index (χ3v) is 8.24. The first-order chi connectivity index (χ1) is 18.1. The van der Waals surface area contributed by atoms with E-state index in [-0.39, 0.29) is 12.0 Å². The number of aliphatic carboxylic acids is 1. The Hall–Kier alpha value is -0.570. The highest BCUT2D eigenvalue weighted by atomic mass is 16.4. The molecular formula is C34H68O3. The van der Waals surface area contributed by atoms with Crippen molar-refractivity contribution < 1.29 is 15.0 Å². The molecule has 3 nitrogen and oxygen atoms in total. The van der Waals surface area contributed by atoms with Crippen LogP contribution < -0.4 is 0 Å². The molecule has 0 aliphatic rings. The summed E-state index contributed by atoms with van der Waals surface area (Å²) >= 11 is 0. The lowest BCUT2D eigenvalue weighted by Gasteiger charge is -2.12. The van der Waals surface area contributed by atoms with Gasteiger partial charge in [-0.1, -0.05) is 174 Å². The molecule has 222 valence electrons. The normalized spacial score (nSPS) is 13.2. The van der Waals surface area contributed by atoms with Gasteiger partial charge in [-0.05, 0) is 25.7 Å². The van der Waals surface area contributed by atoms with E-state index in [9.17, 15) is 15.0 Å². The number of aliphatic hydroxyl groups excluding tert-OH is 1. The van der Waals surface area contributed by atoms with E-state index in [1.54, 1.807) is 0 Å². The summed E-state index contributed by atoms with van der Waals surface area (Å²) in [6, 6.07) is 0. The van der Waals surface area contributed by atoms with Gasteiger partial charge in [0.15, 0.2) is 0 Å². The van der Waals surface area contributed by atoms with E-state index in [1.807, 2.05) is 0 Å². The van der Waals surface area contributed by atoms with Crippen LogP contribution in [0.4, 0.5) is 0 Å². The first kappa shape index (κ1) is 36.4. The lowest BCUT2D eigenvalue weighted by atomic mass is 9.94. The van der Waals surface area contributed by atoms with Gasteiger partial charge < -0.3 is 10.2 Å². The Morgan fingerprint density at radius 3 is 0.973 bits per heavy atom. The monoisotopic (exact) mass is 525 g/mol. The van der Waals surface area contributed by atoms with Crippen LogP contribution in [0.3, 0.4) is 0 Å². The van der Waals surface area contributed by atoms with Crippen molar-refractivity contribution in [1.82, 2.24) is 0 Å². The predicted octanol–water partition coefficient (Wildman–Crippen LogP) is 11.4. The number of aliphatic hydroxyl groups is 1. The fourth-order valence-electron chi connectivity index (χ4n) is 5.58. The van der Waals surface area contributed by atoms with Crippen LogP contribution in [0.25, 0.3) is 0 Å². The molecule has 37 heavy (non-hydrogen) atoms. The smallest absolute Gasteiger partial charge is 0.306 e. The maximum atomic E-state index is 11.6. The van der Waals surface area contributed by atoms with E-state index in [1.165, 1.54) is 141 Å². The van der Waals surface area contributed by atoms with Gasteiger partial charge in [0.2, 0.25) is 0 Å². The topological polar surface area (TPSA) is 57.5 Å². The highest BCUT2D eigenvalue weighted by Crippen LogP contribution is 2.20. The molecule has 0 amide bonds. The summed E-state index contributed by atoms with van der Waals surface area (Å²) in [5, 5.41) is 19.6. The molecule has 0 aromatic carbocycles. The number of rotatable bonds is 31. The largest absolute Gasteiger partial charge is 0.481 e. The first-order valence-electron chi connectivity index (χ1n) is 17.0. The molecule has 0 aromatic rings. The summed E-state index contributed by atoms with van der Waals surface area (Å²) in [5.74, 6) is -0.709. The molecule has 2 unspecified atom stereocenters. The molecule has 0 aromatic heterocycles. The average Bonchev–Trinajstić information content (AvgIpc) is 2.88. The van der Waals surface area contributed by atoms with Crippen molar-refractivity contribution in [3.05, 3.63) is 0 Å². The number of hydrogen-bond acceptors (Lipinski definition) is 2. The van der Waals surface area contributed by atoms with E-state index >= 15 is 0 Å². The van der Waals surface area contributed by atoms with Crippen molar-refractivity contribution in [2.45, 2.75) is 206 Å². The number of carboxylic acids is 1. The minimum atomic E-state index is -0.581. The second-order valence-electron chi connectivity index (χ2n) is 12.0. The van der Waals surface area contributed by atoms with Gasteiger partial charge in [-0.25, -0.2) is 0 Å². The van der Waals surface area contributed by atoms with Crippen LogP contribution in [0.2, 0.25) is 0 Å². The molecule has 0 bridgehead atoms. The van der Waals surface area contributed by atoms with E-state index < -0.39 is 5.97 Å². The van der Waals surface area contributed by atoms with Gasteiger partial charge >= 0.3 is 5.97 Å². The van der Waals surface area contributed by atoms with Crippen LogP contribution in [-0.2, 0) is 4.79 Å². The predicted molar refractivity (Wildman–Crippen MR) is 162 cm³/mol. The number of carbonyl (C=O) groups is 1. The van der Waals surface area contributed by atoms with Crippen LogP contribution in [0.5, 0.6) is 0 Å². The second kappa shape index (κ2) is 30.0. The Balaban J connectivity index is 3.46. The van der Waals surface area contributed by atoms with Crippen LogP contribution >= 0.6 is 0 Å².